The number of aliphatic hydroxyl groups excluding tert-OH is 1. The fourth-order valence-electron chi connectivity index (χ4n) is 4.68. The Bertz CT molecular complexity index is 1160. The van der Waals surface area contributed by atoms with Gasteiger partial charge < -0.3 is 20.6 Å². The summed E-state index contributed by atoms with van der Waals surface area (Å²) in [4.78, 5) is 39.0. The Morgan fingerprint density at radius 1 is 1.17 bits per heavy atom. The minimum Gasteiger partial charge on any atom is -0.391 e. The number of aliphatic hydroxyl groups is 1. The number of nitrogens with one attached hydrogen (secondary N) is 2. The highest BCUT2D eigenvalue weighted by Gasteiger charge is 2.34. The van der Waals surface area contributed by atoms with Gasteiger partial charge in [0.1, 0.15) is 35.3 Å². The molecule has 1 saturated carbocycles. The number of hydrogen-bond donors (Lipinski definition) is 3. The summed E-state index contributed by atoms with van der Waals surface area (Å²) in [5.74, 6) is -0.216. The monoisotopic (exact) mass is 497 g/mol. The Morgan fingerprint density at radius 2 is 1.92 bits per heavy atom. The molecule has 2 amide bonds. The largest absolute Gasteiger partial charge is 0.391 e. The third kappa shape index (κ3) is 6.23. The van der Waals surface area contributed by atoms with Crippen molar-refractivity contribution < 1.29 is 23.9 Å². The van der Waals surface area contributed by atoms with Crippen molar-refractivity contribution in [2.45, 2.75) is 77.7 Å². The average Bonchev–Trinajstić information content (AvgIpc) is 3.35. The van der Waals surface area contributed by atoms with Gasteiger partial charge in [-0.2, -0.15) is 0 Å². The predicted molar refractivity (Wildman–Crippen MR) is 131 cm³/mol. The molecule has 1 aliphatic carbocycles. The molecule has 0 bridgehead atoms. The topological polar surface area (TPSA) is 126 Å². The van der Waals surface area contributed by atoms with E-state index in [1.165, 1.54) is 13.0 Å². The molecule has 192 valence electrons. The van der Waals surface area contributed by atoms with Crippen LogP contribution in [0.2, 0.25) is 0 Å². The van der Waals surface area contributed by atoms with Crippen LogP contribution in [0, 0.1) is 25.6 Å². The van der Waals surface area contributed by atoms with Crippen molar-refractivity contribution in [1.82, 2.24) is 20.6 Å². The van der Waals surface area contributed by atoms with Gasteiger partial charge in [0, 0.05) is 19.0 Å². The number of hydrogen-bond acceptors (Lipinski definition) is 7. The van der Waals surface area contributed by atoms with Crippen molar-refractivity contribution in [2.75, 3.05) is 0 Å². The molecule has 9 nitrogen and oxygen atoms in total. The van der Waals surface area contributed by atoms with E-state index in [0.29, 0.717) is 35.1 Å². The van der Waals surface area contributed by atoms with Gasteiger partial charge in [0.05, 0.1) is 5.69 Å². The van der Waals surface area contributed by atoms with E-state index in [1.807, 2.05) is 0 Å². The van der Waals surface area contributed by atoms with Crippen LogP contribution in [0.3, 0.4) is 0 Å². The summed E-state index contributed by atoms with van der Waals surface area (Å²) in [6, 6.07) is 6.40. The summed E-state index contributed by atoms with van der Waals surface area (Å²) < 4.78 is 13.5. The molecule has 0 unspecified atom stereocenters. The van der Waals surface area contributed by atoms with Gasteiger partial charge in [0.2, 0.25) is 5.91 Å². The lowest BCUT2D eigenvalue weighted by Gasteiger charge is -2.31. The highest BCUT2D eigenvalue weighted by molar-refractivity contribution is 6.01. The fraction of sp³-hybridized carbons (Fsp3) is 0.500. The van der Waals surface area contributed by atoms with Crippen LogP contribution in [0.1, 0.15) is 72.2 Å². The van der Waals surface area contributed by atoms with Crippen molar-refractivity contribution >= 4 is 17.5 Å². The van der Waals surface area contributed by atoms with E-state index in [2.05, 4.69) is 25.8 Å². The maximum absolute atomic E-state index is 13.5. The maximum atomic E-state index is 13.5. The summed E-state index contributed by atoms with van der Waals surface area (Å²) in [5.41, 5.74) is 2.79. The Hall–Kier alpha value is -3.40. The van der Waals surface area contributed by atoms with Crippen LogP contribution in [0.15, 0.2) is 29.4 Å². The van der Waals surface area contributed by atoms with E-state index in [0.717, 1.165) is 31.2 Å². The third-order valence-corrected chi connectivity index (χ3v) is 6.76. The van der Waals surface area contributed by atoms with E-state index < -0.39 is 6.10 Å². The Balaban J connectivity index is 1.33. The molecule has 0 radical (unpaired) electrons. The number of aromatic nitrogens is 2. The van der Waals surface area contributed by atoms with Crippen LogP contribution in [0.4, 0.5) is 4.39 Å². The van der Waals surface area contributed by atoms with Crippen molar-refractivity contribution in [1.29, 1.82) is 0 Å². The van der Waals surface area contributed by atoms with E-state index in [1.54, 1.807) is 32.0 Å². The lowest BCUT2D eigenvalue weighted by Crippen LogP contribution is -2.43. The zero-order valence-corrected chi connectivity index (χ0v) is 20.8. The molecule has 4 rings (SSSR count). The number of rotatable bonds is 7. The first-order valence-corrected chi connectivity index (χ1v) is 12.3. The Labute approximate surface area is 209 Å². The predicted octanol–water partition coefficient (Wildman–Crippen LogP) is 2.71. The molecule has 2 aromatic rings. The first-order chi connectivity index (χ1) is 17.2. The normalized spacial score (nSPS) is 22.4. The first kappa shape index (κ1) is 25.7. The van der Waals surface area contributed by atoms with Gasteiger partial charge in [-0.1, -0.05) is 17.3 Å². The van der Waals surface area contributed by atoms with Crippen LogP contribution in [-0.2, 0) is 16.2 Å². The highest BCUT2D eigenvalue weighted by Crippen LogP contribution is 2.33. The highest BCUT2D eigenvalue weighted by atomic mass is 19.1. The summed E-state index contributed by atoms with van der Waals surface area (Å²) in [5, 5.41) is 19.4. The van der Waals surface area contributed by atoms with Crippen LogP contribution in [-0.4, -0.2) is 50.9 Å². The van der Waals surface area contributed by atoms with Crippen molar-refractivity contribution in [3.05, 3.63) is 58.4 Å². The van der Waals surface area contributed by atoms with Crippen molar-refractivity contribution in [3.63, 3.8) is 0 Å². The van der Waals surface area contributed by atoms with E-state index in [4.69, 9.17) is 4.84 Å². The number of amides is 2. The number of carbonyl (C=O) groups is 2. The van der Waals surface area contributed by atoms with Crippen molar-refractivity contribution in [2.24, 2.45) is 11.1 Å². The smallest absolute Gasteiger partial charge is 0.270 e. The van der Waals surface area contributed by atoms with E-state index >= 15 is 0 Å². The molecular formula is C26H32FN5O4. The summed E-state index contributed by atoms with van der Waals surface area (Å²) in [7, 11) is 0. The van der Waals surface area contributed by atoms with Gasteiger partial charge in [0.15, 0.2) is 0 Å². The average molecular weight is 498 g/mol. The molecule has 1 fully saturated rings. The SMILES string of the molecule is Cc1nc(C(=O)NCc2ccc(F)c(C)c2)cc(C2=NO[C@@H]([C@H]3CC[C@H](NC(=O)[C@H](C)O)CC3)C2)n1. The van der Waals surface area contributed by atoms with Crippen LogP contribution in [0.5, 0.6) is 0 Å². The number of nitrogens with zero attached hydrogens (tertiary/aromatic N) is 3. The van der Waals surface area contributed by atoms with Crippen LogP contribution >= 0.6 is 0 Å². The van der Waals surface area contributed by atoms with Gasteiger partial charge in [-0.15, -0.1) is 0 Å². The molecule has 2 atom stereocenters. The standard InChI is InChI=1S/C26H32FN5O4/c1-14-10-17(4-9-20(14)27)13-28-26(35)23-11-21(29-16(3)30-23)22-12-24(36-32-22)18-5-7-19(8-6-18)31-25(34)15(2)33/h4,9-11,15,18-19,24,33H,5-8,12-13H2,1-3H3,(H,28,35)(H,31,34)/t15-,18-,19-,24+/m0/s1. The molecule has 1 aromatic heterocycles. The molecule has 0 spiro atoms. The zero-order chi connectivity index (χ0) is 25.8. The molecule has 2 heterocycles. The molecule has 0 saturated heterocycles. The fourth-order valence-corrected chi connectivity index (χ4v) is 4.68. The first-order valence-electron chi connectivity index (χ1n) is 12.3. The Kier molecular flexibility index (Phi) is 7.93. The molecule has 1 aliphatic heterocycles. The van der Waals surface area contributed by atoms with Gasteiger partial charge in [-0.05, 0) is 75.6 Å². The molecule has 2 aliphatic rings. The van der Waals surface area contributed by atoms with Crippen LogP contribution in [0.25, 0.3) is 0 Å². The summed E-state index contributed by atoms with van der Waals surface area (Å²) in [6.07, 6.45) is 2.91. The van der Waals surface area contributed by atoms with Crippen LogP contribution < -0.4 is 10.6 Å². The zero-order valence-electron chi connectivity index (χ0n) is 20.8. The number of benzene rings is 1. The molecule has 1 aromatic carbocycles. The maximum Gasteiger partial charge on any atom is 0.270 e. The minimum atomic E-state index is -1.01. The summed E-state index contributed by atoms with van der Waals surface area (Å²) >= 11 is 0. The van der Waals surface area contributed by atoms with E-state index in [-0.39, 0.29) is 42.0 Å². The molecule has 36 heavy (non-hydrogen) atoms. The lowest BCUT2D eigenvalue weighted by molar-refractivity contribution is -0.129. The number of carbonyl (C=O) groups excluding carboxylic acids is 2. The van der Waals surface area contributed by atoms with Gasteiger partial charge in [-0.3, -0.25) is 9.59 Å². The second-order valence-corrected chi connectivity index (χ2v) is 9.63. The van der Waals surface area contributed by atoms with Gasteiger partial charge >= 0.3 is 0 Å². The molecule has 3 N–H and O–H groups in total. The number of oxime groups is 1. The lowest BCUT2D eigenvalue weighted by atomic mass is 9.81. The second-order valence-electron chi connectivity index (χ2n) is 9.63. The third-order valence-electron chi connectivity index (χ3n) is 6.76. The number of aryl methyl sites for hydroxylation is 2. The minimum absolute atomic E-state index is 0.0644. The van der Waals surface area contributed by atoms with Gasteiger partial charge in [0.25, 0.3) is 5.91 Å². The quantitative estimate of drug-likeness (QED) is 0.540. The summed E-state index contributed by atoms with van der Waals surface area (Å²) in [6.45, 7) is 5.12. The number of halogens is 1. The van der Waals surface area contributed by atoms with Crippen molar-refractivity contribution in [3.8, 4) is 0 Å². The second kappa shape index (κ2) is 11.1. The van der Waals surface area contributed by atoms with Gasteiger partial charge in [-0.25, -0.2) is 14.4 Å². The molecule has 10 heteroatoms. The van der Waals surface area contributed by atoms with E-state index in [9.17, 15) is 19.1 Å². The molecular weight excluding hydrogens is 465 g/mol. The Morgan fingerprint density at radius 3 is 2.61 bits per heavy atom.